The maximum Gasteiger partial charge on any atom is 0.142 e. The van der Waals surface area contributed by atoms with Gasteiger partial charge in [0.2, 0.25) is 0 Å². The van der Waals surface area contributed by atoms with Crippen molar-refractivity contribution >= 4 is 99.5 Å². The molecule has 0 bridgehead atoms. The monoisotopic (exact) mass is 832 g/mol. The molecule has 0 radical (unpaired) electrons. The van der Waals surface area contributed by atoms with Crippen molar-refractivity contribution < 1.29 is 8.83 Å². The average Bonchev–Trinajstić information content (AvgIpc) is 3.91. The Morgan fingerprint density at radius 1 is 0.328 bits per heavy atom. The highest BCUT2D eigenvalue weighted by atomic mass is 16.3. The van der Waals surface area contributed by atoms with Crippen LogP contribution in [-0.2, 0) is 25.7 Å². The number of hydrogen-bond donors (Lipinski definition) is 0. The Morgan fingerprint density at radius 2 is 0.641 bits per heavy atom. The SMILES string of the molecule is CCc1ccc(N(c2ccc(CC)cc2)c2ccc3cc4c(cc3c2)oc2c(C)c3oc5cc6cc(N(c7ccc(CC)cc7)c7ccc(CC)cc7)ccc6cc5c3c(C)c24)cc1. The van der Waals surface area contributed by atoms with Crippen LogP contribution in [0.5, 0.6) is 0 Å². The summed E-state index contributed by atoms with van der Waals surface area (Å²) in [5.41, 5.74) is 17.8. The van der Waals surface area contributed by atoms with Gasteiger partial charge in [0.25, 0.3) is 0 Å². The summed E-state index contributed by atoms with van der Waals surface area (Å²) in [6, 6.07) is 58.4. The lowest BCUT2D eigenvalue weighted by molar-refractivity contribution is 0.651. The van der Waals surface area contributed by atoms with Crippen molar-refractivity contribution in [2.45, 2.75) is 67.2 Å². The van der Waals surface area contributed by atoms with Crippen molar-refractivity contribution in [3.05, 3.63) is 191 Å². The molecule has 0 aliphatic heterocycles. The lowest BCUT2D eigenvalue weighted by Crippen LogP contribution is -2.10. The summed E-state index contributed by atoms with van der Waals surface area (Å²) < 4.78 is 13.7. The second kappa shape index (κ2) is 15.8. The highest BCUT2D eigenvalue weighted by Gasteiger charge is 2.23. The summed E-state index contributed by atoms with van der Waals surface area (Å²) in [6.45, 7) is 13.2. The van der Waals surface area contributed by atoms with Crippen LogP contribution >= 0.6 is 0 Å². The highest BCUT2D eigenvalue weighted by molar-refractivity contribution is 6.22. The molecule has 4 heteroatoms. The fourth-order valence-corrected chi connectivity index (χ4v) is 9.85. The van der Waals surface area contributed by atoms with Crippen LogP contribution in [-0.4, -0.2) is 0 Å². The highest BCUT2D eigenvalue weighted by Crippen LogP contribution is 2.46. The summed E-state index contributed by atoms with van der Waals surface area (Å²) in [6.07, 6.45) is 4.04. The Balaban J connectivity index is 1.02. The number of anilines is 6. The zero-order valence-corrected chi connectivity index (χ0v) is 37.6. The molecule has 11 rings (SSSR count). The minimum atomic E-state index is 0.880. The van der Waals surface area contributed by atoms with Crippen LogP contribution in [0.2, 0.25) is 0 Å². The molecule has 64 heavy (non-hydrogen) atoms. The van der Waals surface area contributed by atoms with E-state index in [2.05, 4.69) is 209 Å². The van der Waals surface area contributed by atoms with Gasteiger partial charge in [-0.2, -0.15) is 0 Å². The summed E-state index contributed by atoms with van der Waals surface area (Å²) in [4.78, 5) is 4.71. The quantitative estimate of drug-likeness (QED) is 0.137. The minimum Gasteiger partial charge on any atom is -0.456 e. The van der Waals surface area contributed by atoms with Crippen molar-refractivity contribution in [2.75, 3.05) is 9.80 Å². The van der Waals surface area contributed by atoms with Gasteiger partial charge in [0.05, 0.1) is 0 Å². The largest absolute Gasteiger partial charge is 0.456 e. The minimum absolute atomic E-state index is 0.880. The van der Waals surface area contributed by atoms with Gasteiger partial charge in [-0.1, -0.05) is 88.4 Å². The summed E-state index contributed by atoms with van der Waals surface area (Å²) in [5, 5.41) is 9.16. The Labute approximate surface area is 375 Å². The van der Waals surface area contributed by atoms with E-state index < -0.39 is 0 Å². The second-order valence-corrected chi connectivity index (χ2v) is 17.4. The molecule has 2 aromatic heterocycles. The van der Waals surface area contributed by atoms with Crippen LogP contribution < -0.4 is 9.80 Å². The van der Waals surface area contributed by atoms with E-state index in [1.165, 1.54) is 38.6 Å². The molecule has 0 N–H and O–H groups in total. The maximum atomic E-state index is 6.85. The van der Waals surface area contributed by atoms with E-state index in [0.29, 0.717) is 0 Å². The number of hydrogen-bond acceptors (Lipinski definition) is 4. The van der Waals surface area contributed by atoms with Gasteiger partial charge >= 0.3 is 0 Å². The average molecular weight is 833 g/mol. The van der Waals surface area contributed by atoms with E-state index in [4.69, 9.17) is 8.83 Å². The first kappa shape index (κ1) is 39.5. The fraction of sp³-hybridized carbons (Fsp3) is 0.167. The van der Waals surface area contributed by atoms with Gasteiger partial charge in [-0.15, -0.1) is 0 Å². The van der Waals surface area contributed by atoms with E-state index in [0.717, 1.165) is 120 Å². The smallest absolute Gasteiger partial charge is 0.142 e. The third kappa shape index (κ3) is 6.59. The zero-order chi connectivity index (χ0) is 43.6. The lowest BCUT2D eigenvalue weighted by Gasteiger charge is -2.26. The Morgan fingerprint density at radius 3 is 0.953 bits per heavy atom. The number of fused-ring (bicyclic) bond motifs is 8. The standard InChI is InChI=1S/C60H52N2O2/c1-7-39-11-21-47(22-12-39)61(48-23-13-40(8-2)14-24-48)51-29-19-43-33-53-55(35-45(43)31-51)63-59-38(6)60-58(37(5)57(53)59)54-34-44-20-30-52(32-46(44)36-56(54)64-60)62(49-25-15-41(9-3)16-26-49)50-27-17-42(10-4)18-28-50/h11-36H,7-10H2,1-6H3. The summed E-state index contributed by atoms with van der Waals surface area (Å²) in [7, 11) is 0. The van der Waals surface area contributed by atoms with Crippen molar-refractivity contribution in [1.82, 2.24) is 0 Å². The van der Waals surface area contributed by atoms with Gasteiger partial charge in [0.1, 0.15) is 22.3 Å². The molecule has 2 heterocycles. The summed E-state index contributed by atoms with van der Waals surface area (Å²) >= 11 is 0. The Bertz CT molecular complexity index is 3210. The lowest BCUT2D eigenvalue weighted by atomic mass is 9.96. The second-order valence-electron chi connectivity index (χ2n) is 17.4. The fourth-order valence-electron chi connectivity index (χ4n) is 9.85. The van der Waals surface area contributed by atoms with Gasteiger partial charge < -0.3 is 18.6 Å². The van der Waals surface area contributed by atoms with Gasteiger partial charge in [0, 0.05) is 61.2 Å². The number of rotatable bonds is 10. The number of nitrogens with zero attached hydrogens (tertiary/aromatic N) is 2. The topological polar surface area (TPSA) is 32.8 Å². The third-order valence-electron chi connectivity index (χ3n) is 13.6. The molecule has 4 nitrogen and oxygen atoms in total. The first-order valence-corrected chi connectivity index (χ1v) is 23.0. The molecule has 0 amide bonds. The van der Waals surface area contributed by atoms with E-state index in [1.54, 1.807) is 0 Å². The molecule has 0 atom stereocenters. The molecule has 0 fully saturated rings. The Hall–Kier alpha value is -7.30. The van der Waals surface area contributed by atoms with Crippen LogP contribution in [0.4, 0.5) is 34.1 Å². The summed E-state index contributed by atoms with van der Waals surface area (Å²) in [5.74, 6) is 0. The van der Waals surface area contributed by atoms with Crippen molar-refractivity contribution in [3.63, 3.8) is 0 Å². The first-order chi connectivity index (χ1) is 31.3. The number of aryl methyl sites for hydroxylation is 6. The molecule has 11 aromatic rings. The predicted octanol–water partition coefficient (Wildman–Crippen LogP) is 17.6. The predicted molar refractivity (Wildman–Crippen MR) is 272 cm³/mol. The third-order valence-corrected chi connectivity index (χ3v) is 13.6. The van der Waals surface area contributed by atoms with Gasteiger partial charge in [-0.3, -0.25) is 0 Å². The van der Waals surface area contributed by atoms with E-state index in [1.807, 2.05) is 0 Å². The van der Waals surface area contributed by atoms with Crippen LogP contribution in [0.25, 0.3) is 65.4 Å². The maximum absolute atomic E-state index is 6.85. The molecule has 0 saturated carbocycles. The van der Waals surface area contributed by atoms with Gasteiger partial charge in [-0.05, 0) is 186 Å². The molecule has 0 spiro atoms. The number of furan rings is 2. The molecular formula is C60H52N2O2. The van der Waals surface area contributed by atoms with Crippen LogP contribution in [0.15, 0.2) is 167 Å². The van der Waals surface area contributed by atoms with Crippen LogP contribution in [0.1, 0.15) is 61.1 Å². The molecule has 314 valence electrons. The normalized spacial score (nSPS) is 11.8. The van der Waals surface area contributed by atoms with Gasteiger partial charge in [0.15, 0.2) is 0 Å². The molecule has 0 unspecified atom stereocenters. The van der Waals surface area contributed by atoms with Crippen LogP contribution in [0, 0.1) is 13.8 Å². The van der Waals surface area contributed by atoms with Gasteiger partial charge in [-0.25, -0.2) is 0 Å². The van der Waals surface area contributed by atoms with E-state index in [9.17, 15) is 0 Å². The van der Waals surface area contributed by atoms with Crippen LogP contribution in [0.3, 0.4) is 0 Å². The van der Waals surface area contributed by atoms with E-state index >= 15 is 0 Å². The molecule has 9 aromatic carbocycles. The molecule has 0 aliphatic rings. The number of benzene rings is 9. The zero-order valence-electron chi connectivity index (χ0n) is 37.6. The molecule has 0 aliphatic carbocycles. The molecule has 0 saturated heterocycles. The van der Waals surface area contributed by atoms with Crippen molar-refractivity contribution in [3.8, 4) is 0 Å². The van der Waals surface area contributed by atoms with Crippen molar-refractivity contribution in [1.29, 1.82) is 0 Å². The molecular weight excluding hydrogens is 781 g/mol. The first-order valence-electron chi connectivity index (χ1n) is 23.0. The Kier molecular flexibility index (Phi) is 9.76. The van der Waals surface area contributed by atoms with E-state index in [-0.39, 0.29) is 0 Å². The van der Waals surface area contributed by atoms with Crippen molar-refractivity contribution in [2.24, 2.45) is 0 Å².